The highest BCUT2D eigenvalue weighted by atomic mass is 35.5. The number of thioether (sulfide) groups is 1. The number of anilines is 1. The second kappa shape index (κ2) is 10.0. The fraction of sp³-hybridized carbons (Fsp3) is 0.200. The van der Waals surface area contributed by atoms with Crippen molar-refractivity contribution in [3.05, 3.63) is 84.9 Å². The number of nitro benzene ring substituents is 1. The highest BCUT2D eigenvalue weighted by Crippen LogP contribution is 2.36. The number of halogens is 2. The van der Waals surface area contributed by atoms with E-state index in [2.05, 4.69) is 20.9 Å². The van der Waals surface area contributed by atoms with E-state index in [1.54, 1.807) is 24.3 Å². The number of aliphatic imine (C=N–C) groups is 1. The van der Waals surface area contributed by atoms with Crippen molar-refractivity contribution < 1.29 is 14.1 Å². The third kappa shape index (κ3) is 5.00. The number of amides is 1. The molecule has 1 saturated heterocycles. The lowest BCUT2D eigenvalue weighted by Crippen LogP contribution is -2.47. The Balaban J connectivity index is 1.26. The van der Waals surface area contributed by atoms with Crippen LogP contribution in [-0.2, 0) is 4.79 Å². The van der Waals surface area contributed by atoms with Crippen LogP contribution in [0.25, 0.3) is 17.4 Å². The molecule has 0 N–H and O–H groups in total. The zero-order chi connectivity index (χ0) is 25.4. The van der Waals surface area contributed by atoms with Crippen LogP contribution in [0.15, 0.2) is 62.8 Å². The molecule has 0 saturated carbocycles. The molecule has 3 heterocycles. The number of hydrogen-bond acceptors (Lipinski definition) is 7. The summed E-state index contributed by atoms with van der Waals surface area (Å²) in [4.78, 5) is 32.5. The van der Waals surface area contributed by atoms with Crippen LogP contribution in [0.3, 0.4) is 0 Å². The number of carbonyl (C=O) groups is 1. The molecule has 36 heavy (non-hydrogen) atoms. The Hall–Kier alpha value is -3.27. The number of nitrogens with zero attached hydrogens (tertiary/aromatic N) is 4. The van der Waals surface area contributed by atoms with Crippen LogP contribution in [0.2, 0.25) is 10.0 Å². The van der Waals surface area contributed by atoms with Crippen molar-refractivity contribution in [2.24, 2.45) is 4.99 Å². The number of furan rings is 1. The second-order valence-corrected chi connectivity index (χ2v) is 10.2. The molecule has 11 heteroatoms. The van der Waals surface area contributed by atoms with Gasteiger partial charge < -0.3 is 14.2 Å². The topological polar surface area (TPSA) is 92.2 Å². The van der Waals surface area contributed by atoms with Gasteiger partial charge in [-0.2, -0.15) is 4.99 Å². The quantitative estimate of drug-likeness (QED) is 0.218. The standard InChI is InChI=1S/C25H20Cl2N4O4S/c1-15-2-4-17(13-20(15)27)29-8-10-30(11-9-29)25-28-24(32)23(36-25)14-18-5-7-22(35-18)19-6-3-16(26)12-21(19)31(33)34/h2-7,12-14H,8-11H2,1H3/b23-14-. The van der Waals surface area contributed by atoms with Crippen LogP contribution < -0.4 is 4.90 Å². The summed E-state index contributed by atoms with van der Waals surface area (Å²) in [5, 5.41) is 13.1. The minimum Gasteiger partial charge on any atom is -0.456 e. The predicted octanol–water partition coefficient (Wildman–Crippen LogP) is 6.26. The van der Waals surface area contributed by atoms with E-state index in [1.807, 2.05) is 19.1 Å². The molecule has 2 aliphatic heterocycles. The summed E-state index contributed by atoms with van der Waals surface area (Å²) in [6.07, 6.45) is 1.61. The van der Waals surface area contributed by atoms with Gasteiger partial charge in [-0.05, 0) is 60.6 Å². The maximum absolute atomic E-state index is 12.6. The molecule has 1 amide bonds. The van der Waals surface area contributed by atoms with Crippen LogP contribution in [0, 0.1) is 17.0 Å². The van der Waals surface area contributed by atoms with E-state index >= 15 is 0 Å². The van der Waals surface area contributed by atoms with Gasteiger partial charge in [0.15, 0.2) is 5.17 Å². The number of aryl methyl sites for hydroxylation is 1. The summed E-state index contributed by atoms with van der Waals surface area (Å²) in [6.45, 7) is 5.00. The molecule has 0 spiro atoms. The first-order valence-electron chi connectivity index (χ1n) is 11.1. The number of benzene rings is 2. The molecule has 5 rings (SSSR count). The van der Waals surface area contributed by atoms with Gasteiger partial charge in [-0.3, -0.25) is 14.9 Å². The van der Waals surface area contributed by atoms with Gasteiger partial charge in [0.2, 0.25) is 0 Å². The van der Waals surface area contributed by atoms with Gasteiger partial charge in [0.25, 0.3) is 11.6 Å². The first-order valence-corrected chi connectivity index (χ1v) is 12.7. The minimum absolute atomic E-state index is 0.153. The lowest BCUT2D eigenvalue weighted by molar-refractivity contribution is -0.384. The van der Waals surface area contributed by atoms with Crippen LogP contribution in [0.1, 0.15) is 11.3 Å². The van der Waals surface area contributed by atoms with Crippen molar-refractivity contribution in [3.63, 3.8) is 0 Å². The molecule has 184 valence electrons. The fourth-order valence-electron chi connectivity index (χ4n) is 4.04. The van der Waals surface area contributed by atoms with Gasteiger partial charge in [0, 0.05) is 54.1 Å². The van der Waals surface area contributed by atoms with Crippen molar-refractivity contribution in [1.82, 2.24) is 4.90 Å². The first-order chi connectivity index (χ1) is 17.3. The average Bonchev–Trinajstić information content (AvgIpc) is 3.48. The Morgan fingerprint density at radius 1 is 1.06 bits per heavy atom. The van der Waals surface area contributed by atoms with Gasteiger partial charge >= 0.3 is 0 Å². The molecule has 0 aliphatic carbocycles. The monoisotopic (exact) mass is 542 g/mol. The molecule has 1 fully saturated rings. The largest absolute Gasteiger partial charge is 0.456 e. The Morgan fingerprint density at radius 2 is 1.81 bits per heavy atom. The number of carbonyl (C=O) groups excluding carboxylic acids is 1. The maximum Gasteiger partial charge on any atom is 0.286 e. The van der Waals surface area contributed by atoms with E-state index in [0.29, 0.717) is 27.2 Å². The van der Waals surface area contributed by atoms with Crippen LogP contribution in [-0.4, -0.2) is 47.1 Å². The first kappa shape index (κ1) is 24.4. The van der Waals surface area contributed by atoms with E-state index in [9.17, 15) is 14.9 Å². The summed E-state index contributed by atoms with van der Waals surface area (Å²) < 4.78 is 5.80. The van der Waals surface area contributed by atoms with Crippen molar-refractivity contribution in [3.8, 4) is 11.3 Å². The third-order valence-electron chi connectivity index (χ3n) is 6.00. The van der Waals surface area contributed by atoms with Gasteiger partial charge in [0.05, 0.1) is 15.4 Å². The Kier molecular flexibility index (Phi) is 6.79. The van der Waals surface area contributed by atoms with Crippen molar-refractivity contribution in [2.75, 3.05) is 31.1 Å². The van der Waals surface area contributed by atoms with Crippen molar-refractivity contribution in [2.45, 2.75) is 6.92 Å². The Bertz CT molecular complexity index is 1430. The Labute approximate surface area is 221 Å². The van der Waals surface area contributed by atoms with Crippen LogP contribution >= 0.6 is 35.0 Å². The van der Waals surface area contributed by atoms with E-state index in [-0.39, 0.29) is 16.6 Å². The number of hydrogen-bond donors (Lipinski definition) is 0. The second-order valence-electron chi connectivity index (χ2n) is 8.34. The lowest BCUT2D eigenvalue weighted by Gasteiger charge is -2.36. The normalized spacial score (nSPS) is 17.1. The van der Waals surface area contributed by atoms with Gasteiger partial charge in [-0.1, -0.05) is 29.3 Å². The highest BCUT2D eigenvalue weighted by molar-refractivity contribution is 8.18. The molecule has 0 unspecified atom stereocenters. The van der Waals surface area contributed by atoms with Gasteiger partial charge in [-0.15, -0.1) is 0 Å². The van der Waals surface area contributed by atoms with Crippen molar-refractivity contribution >= 4 is 63.5 Å². The van der Waals surface area contributed by atoms with Gasteiger partial charge in [0.1, 0.15) is 11.5 Å². The predicted molar refractivity (Wildman–Crippen MR) is 144 cm³/mol. The van der Waals surface area contributed by atoms with E-state index in [1.165, 1.54) is 23.9 Å². The molecule has 2 aliphatic rings. The SMILES string of the molecule is Cc1ccc(N2CCN(C3=NC(=O)/C(=C/c4ccc(-c5ccc(Cl)cc5[N+](=O)[O-])o4)S3)CC2)cc1Cl. The number of amidine groups is 1. The van der Waals surface area contributed by atoms with Crippen LogP contribution in [0.5, 0.6) is 0 Å². The smallest absolute Gasteiger partial charge is 0.286 e. The lowest BCUT2D eigenvalue weighted by atomic mass is 10.1. The van der Waals surface area contributed by atoms with Crippen molar-refractivity contribution in [1.29, 1.82) is 0 Å². The van der Waals surface area contributed by atoms with E-state index in [0.717, 1.165) is 42.5 Å². The fourth-order valence-corrected chi connectivity index (χ4v) is 5.32. The average molecular weight is 543 g/mol. The van der Waals surface area contributed by atoms with Gasteiger partial charge in [-0.25, -0.2) is 0 Å². The molecule has 8 nitrogen and oxygen atoms in total. The zero-order valence-corrected chi connectivity index (χ0v) is 21.4. The summed E-state index contributed by atoms with van der Waals surface area (Å²) >= 11 is 13.5. The number of rotatable bonds is 4. The summed E-state index contributed by atoms with van der Waals surface area (Å²) in [5.41, 5.74) is 2.28. The molecule has 1 aromatic heterocycles. The molecule has 3 aromatic rings. The van der Waals surface area contributed by atoms with Crippen LogP contribution in [0.4, 0.5) is 11.4 Å². The number of piperazine rings is 1. The highest BCUT2D eigenvalue weighted by Gasteiger charge is 2.29. The minimum atomic E-state index is -0.508. The molecule has 0 atom stereocenters. The third-order valence-corrected chi connectivity index (χ3v) is 7.69. The molecule has 2 aromatic carbocycles. The number of nitro groups is 1. The summed E-state index contributed by atoms with van der Waals surface area (Å²) in [5.74, 6) is 0.384. The van der Waals surface area contributed by atoms with E-state index < -0.39 is 4.92 Å². The molecular formula is C25H20Cl2N4O4S. The molecule has 0 radical (unpaired) electrons. The zero-order valence-electron chi connectivity index (χ0n) is 19.1. The maximum atomic E-state index is 12.6. The summed E-state index contributed by atoms with van der Waals surface area (Å²) in [7, 11) is 0. The molecular weight excluding hydrogens is 523 g/mol. The summed E-state index contributed by atoms with van der Waals surface area (Å²) in [6, 6.07) is 13.7. The Morgan fingerprint density at radius 3 is 2.53 bits per heavy atom. The van der Waals surface area contributed by atoms with E-state index in [4.69, 9.17) is 27.6 Å². The molecule has 0 bridgehead atoms.